The lowest BCUT2D eigenvalue weighted by atomic mass is 9.99. The van der Waals surface area contributed by atoms with Gasteiger partial charge < -0.3 is 25.7 Å². The molecule has 0 aromatic rings. The van der Waals surface area contributed by atoms with E-state index in [1.165, 1.54) is 238 Å². The molecule has 59 heavy (non-hydrogen) atoms. The average molecular weight is 838 g/mol. The predicted molar refractivity (Wildman–Crippen MR) is 256 cm³/mol. The fraction of sp³-hybridized carbons (Fsp3) is 0.981. The highest BCUT2D eigenvalue weighted by atomic mass is 16.3. The first-order valence-corrected chi connectivity index (χ1v) is 26.9. The number of aliphatic hydroxyl groups excluding tert-OH is 4. The Balaban J connectivity index is 3.51. The van der Waals surface area contributed by atoms with Gasteiger partial charge in [-0.25, -0.2) is 0 Å². The maximum Gasteiger partial charge on any atom is 0.249 e. The van der Waals surface area contributed by atoms with Crippen LogP contribution in [0.2, 0.25) is 0 Å². The first kappa shape index (κ1) is 58.3. The van der Waals surface area contributed by atoms with Gasteiger partial charge in [-0.05, 0) is 12.8 Å². The maximum atomic E-state index is 12.5. The molecule has 0 radical (unpaired) electrons. The molecular weight excluding hydrogens is 731 g/mol. The van der Waals surface area contributed by atoms with E-state index in [0.717, 1.165) is 38.5 Å². The summed E-state index contributed by atoms with van der Waals surface area (Å²) in [5, 5.41) is 43.8. The third-order valence-electron chi connectivity index (χ3n) is 13.1. The molecule has 0 aromatic heterocycles. The minimum atomic E-state index is -1.25. The Morgan fingerprint density at radius 3 is 0.814 bits per heavy atom. The van der Waals surface area contributed by atoms with Crippen LogP contribution in [0.1, 0.15) is 303 Å². The Labute approximate surface area is 369 Å². The first-order chi connectivity index (χ1) is 29.0. The lowest BCUT2D eigenvalue weighted by Gasteiger charge is -2.27. The average Bonchev–Trinajstić information content (AvgIpc) is 3.24. The van der Waals surface area contributed by atoms with Crippen molar-refractivity contribution in [3.8, 4) is 0 Å². The summed E-state index contributed by atoms with van der Waals surface area (Å²) in [7, 11) is 0. The first-order valence-electron chi connectivity index (χ1n) is 26.9. The summed E-state index contributed by atoms with van der Waals surface area (Å²) in [6.45, 7) is 4.07. The second-order valence-electron chi connectivity index (χ2n) is 18.9. The quantitative estimate of drug-likeness (QED) is 0.0392. The van der Waals surface area contributed by atoms with Crippen molar-refractivity contribution in [3.05, 3.63) is 0 Å². The summed E-state index contributed by atoms with van der Waals surface area (Å²) in [5.41, 5.74) is 0. The van der Waals surface area contributed by atoms with Crippen LogP contribution in [0.3, 0.4) is 0 Å². The third kappa shape index (κ3) is 42.4. The van der Waals surface area contributed by atoms with Crippen molar-refractivity contribution >= 4 is 5.91 Å². The Hall–Kier alpha value is -0.690. The van der Waals surface area contributed by atoms with E-state index < -0.39 is 36.9 Å². The molecule has 0 aliphatic rings. The molecule has 0 spiro atoms. The van der Waals surface area contributed by atoms with Gasteiger partial charge in [0.2, 0.25) is 5.91 Å². The molecule has 1 amide bonds. The predicted octanol–water partition coefficient (Wildman–Crippen LogP) is 15.1. The van der Waals surface area contributed by atoms with Gasteiger partial charge in [0.1, 0.15) is 12.2 Å². The molecule has 354 valence electrons. The Morgan fingerprint density at radius 2 is 0.576 bits per heavy atom. The van der Waals surface area contributed by atoms with E-state index >= 15 is 0 Å². The van der Waals surface area contributed by atoms with Gasteiger partial charge in [0.15, 0.2) is 0 Å². The van der Waals surface area contributed by atoms with Gasteiger partial charge in [-0.2, -0.15) is 0 Å². The van der Waals surface area contributed by atoms with Crippen LogP contribution >= 0.6 is 0 Å². The van der Waals surface area contributed by atoms with Gasteiger partial charge in [-0.3, -0.25) is 4.79 Å². The second kappa shape index (κ2) is 48.3. The molecule has 0 heterocycles. The van der Waals surface area contributed by atoms with Crippen molar-refractivity contribution in [1.82, 2.24) is 5.32 Å². The number of carbonyl (C=O) groups is 1. The smallest absolute Gasteiger partial charge is 0.249 e. The summed E-state index contributed by atoms with van der Waals surface area (Å²) in [6, 6.07) is -0.979. The van der Waals surface area contributed by atoms with E-state index in [4.69, 9.17) is 0 Å². The molecule has 0 bridgehead atoms. The number of hydrogen-bond acceptors (Lipinski definition) is 5. The number of rotatable bonds is 50. The van der Waals surface area contributed by atoms with Crippen LogP contribution < -0.4 is 5.32 Å². The third-order valence-corrected chi connectivity index (χ3v) is 13.1. The highest BCUT2D eigenvalue weighted by Gasteiger charge is 2.28. The van der Waals surface area contributed by atoms with E-state index in [9.17, 15) is 25.2 Å². The highest BCUT2D eigenvalue weighted by Crippen LogP contribution is 2.18. The van der Waals surface area contributed by atoms with Crippen molar-refractivity contribution in [3.63, 3.8) is 0 Å². The molecule has 0 rings (SSSR count). The van der Waals surface area contributed by atoms with Gasteiger partial charge in [-0.1, -0.05) is 290 Å². The summed E-state index contributed by atoms with van der Waals surface area (Å²) in [4.78, 5) is 12.5. The van der Waals surface area contributed by atoms with E-state index in [0.29, 0.717) is 12.8 Å². The van der Waals surface area contributed by atoms with E-state index in [1.807, 2.05) is 0 Å². The molecule has 0 saturated carbocycles. The van der Waals surface area contributed by atoms with Crippen LogP contribution in [0.15, 0.2) is 0 Å². The molecule has 6 nitrogen and oxygen atoms in total. The highest BCUT2D eigenvalue weighted by molar-refractivity contribution is 5.80. The lowest BCUT2D eigenvalue weighted by Crippen LogP contribution is -2.53. The number of unbranched alkanes of at least 4 members (excludes halogenated alkanes) is 41. The minimum absolute atomic E-state index is 0.376. The zero-order valence-electron chi connectivity index (χ0n) is 40.0. The summed E-state index contributed by atoms with van der Waals surface area (Å²) in [5.74, 6) is -0.578. The number of carbonyl (C=O) groups excluding carboxylic acids is 1. The number of aliphatic hydroxyl groups is 4. The SMILES string of the molecule is CCCCCCCCCCCCCCCCCCCCCCCCCCCCCCCCCC(O)C(=O)NC(CO)C(O)C(O)CCCCCCCCCCCCCC. The van der Waals surface area contributed by atoms with Crippen LogP contribution in [0, 0.1) is 0 Å². The molecule has 0 aromatic carbocycles. The van der Waals surface area contributed by atoms with E-state index in [-0.39, 0.29) is 0 Å². The monoisotopic (exact) mass is 838 g/mol. The van der Waals surface area contributed by atoms with Crippen LogP contribution in [0.5, 0.6) is 0 Å². The Bertz CT molecular complexity index is 811. The van der Waals surface area contributed by atoms with Crippen molar-refractivity contribution < 1.29 is 25.2 Å². The van der Waals surface area contributed by atoms with E-state index in [2.05, 4.69) is 19.2 Å². The summed E-state index contributed by atoms with van der Waals surface area (Å²) in [6.07, 6.45) is 54.7. The van der Waals surface area contributed by atoms with E-state index in [1.54, 1.807) is 0 Å². The second-order valence-corrected chi connectivity index (χ2v) is 18.9. The van der Waals surface area contributed by atoms with Crippen molar-refractivity contribution in [2.45, 2.75) is 327 Å². The number of nitrogens with one attached hydrogen (secondary N) is 1. The van der Waals surface area contributed by atoms with Crippen LogP contribution in [0.25, 0.3) is 0 Å². The molecular formula is C53H107NO5. The molecule has 4 unspecified atom stereocenters. The zero-order chi connectivity index (χ0) is 43.1. The standard InChI is InChI=1S/C53H107NO5/c1-3-5-7-9-11-13-15-17-18-19-20-21-22-23-24-25-26-27-28-29-30-31-32-33-34-35-37-39-41-43-45-47-51(57)53(59)54-49(48-55)52(58)50(56)46-44-42-40-38-36-16-14-12-10-8-6-4-2/h49-52,55-58H,3-48H2,1-2H3,(H,54,59). The maximum absolute atomic E-state index is 12.5. The van der Waals surface area contributed by atoms with Crippen molar-refractivity contribution in [1.29, 1.82) is 0 Å². The molecule has 5 N–H and O–H groups in total. The molecule has 0 aliphatic heterocycles. The molecule has 4 atom stereocenters. The molecule has 0 fully saturated rings. The van der Waals surface area contributed by atoms with Crippen molar-refractivity contribution in [2.75, 3.05) is 6.61 Å². The fourth-order valence-corrected chi connectivity index (χ4v) is 8.82. The van der Waals surface area contributed by atoms with Gasteiger partial charge in [-0.15, -0.1) is 0 Å². The molecule has 0 aliphatic carbocycles. The fourth-order valence-electron chi connectivity index (χ4n) is 8.82. The van der Waals surface area contributed by atoms with Crippen LogP contribution in [-0.4, -0.2) is 57.3 Å². The molecule has 6 heteroatoms. The van der Waals surface area contributed by atoms with Crippen LogP contribution in [0.4, 0.5) is 0 Å². The van der Waals surface area contributed by atoms with Gasteiger partial charge in [0.05, 0.1) is 18.8 Å². The Kier molecular flexibility index (Phi) is 47.8. The van der Waals surface area contributed by atoms with Gasteiger partial charge in [0.25, 0.3) is 0 Å². The van der Waals surface area contributed by atoms with Gasteiger partial charge >= 0.3 is 0 Å². The Morgan fingerprint density at radius 1 is 0.356 bits per heavy atom. The van der Waals surface area contributed by atoms with Crippen molar-refractivity contribution in [2.24, 2.45) is 0 Å². The van der Waals surface area contributed by atoms with Gasteiger partial charge in [0, 0.05) is 0 Å². The van der Waals surface area contributed by atoms with Crippen LogP contribution in [-0.2, 0) is 4.79 Å². The lowest BCUT2D eigenvalue weighted by molar-refractivity contribution is -0.132. The summed E-state index contributed by atoms with van der Waals surface area (Å²) >= 11 is 0. The number of hydrogen-bond donors (Lipinski definition) is 5. The minimum Gasteiger partial charge on any atom is -0.394 e. The summed E-state index contributed by atoms with van der Waals surface area (Å²) < 4.78 is 0. The molecule has 0 saturated heterocycles. The normalized spacial score (nSPS) is 13.8. The topological polar surface area (TPSA) is 110 Å². The largest absolute Gasteiger partial charge is 0.394 e. The zero-order valence-corrected chi connectivity index (χ0v) is 40.0. The number of amides is 1.